The minimum Gasteiger partial charge on any atom is -0.455 e. The lowest BCUT2D eigenvalue weighted by Crippen LogP contribution is -1.95. The molecule has 1 nitrogen and oxygen atoms in total. The van der Waals surface area contributed by atoms with Gasteiger partial charge in [-0.1, -0.05) is 28.1 Å². The predicted molar refractivity (Wildman–Crippen MR) is 86.5 cm³/mol. The number of fused-ring (bicyclic) bond motifs is 5. The lowest BCUT2D eigenvalue weighted by Gasteiger charge is -2.12. The molecule has 0 bridgehead atoms. The Hall–Kier alpha value is -1.06. The molecule has 0 atom stereocenters. The first kappa shape index (κ1) is 11.7. The Morgan fingerprint density at radius 2 is 2.00 bits per heavy atom. The molecule has 0 aliphatic heterocycles. The fraction of sp³-hybridized carbons (Fsp3) is 0.125. The minimum absolute atomic E-state index is 0.946. The zero-order chi connectivity index (χ0) is 13.0. The molecule has 3 aromatic rings. The highest BCUT2D eigenvalue weighted by Gasteiger charge is 2.18. The number of hydrogen-bond donors (Lipinski definition) is 0. The molecule has 3 heteroatoms. The average Bonchev–Trinajstić information content (AvgIpc) is 2.78. The van der Waals surface area contributed by atoms with Gasteiger partial charge in [-0.05, 0) is 64.2 Å². The molecular formula is C16H10Br2O. The van der Waals surface area contributed by atoms with Gasteiger partial charge in [-0.15, -0.1) is 0 Å². The van der Waals surface area contributed by atoms with Gasteiger partial charge in [0.2, 0.25) is 0 Å². The van der Waals surface area contributed by atoms with Crippen LogP contribution >= 0.6 is 31.9 Å². The third kappa shape index (κ3) is 1.72. The molecule has 0 radical (unpaired) electrons. The summed E-state index contributed by atoms with van der Waals surface area (Å²) < 4.78 is 8.13. The van der Waals surface area contributed by atoms with Gasteiger partial charge in [0.1, 0.15) is 11.2 Å². The van der Waals surface area contributed by atoms with Crippen LogP contribution in [0.3, 0.4) is 0 Å². The van der Waals surface area contributed by atoms with Crippen molar-refractivity contribution < 1.29 is 4.42 Å². The fourth-order valence-corrected chi connectivity index (χ4v) is 3.71. The van der Waals surface area contributed by atoms with Crippen LogP contribution in [0.5, 0.6) is 0 Å². The monoisotopic (exact) mass is 376 g/mol. The van der Waals surface area contributed by atoms with Crippen LogP contribution in [0.25, 0.3) is 28.0 Å². The Kier molecular flexibility index (Phi) is 2.61. The molecule has 0 saturated heterocycles. The van der Waals surface area contributed by atoms with Gasteiger partial charge in [0, 0.05) is 15.2 Å². The number of furan rings is 1. The highest BCUT2D eigenvalue weighted by molar-refractivity contribution is 9.11. The first-order valence-corrected chi connectivity index (χ1v) is 7.82. The normalized spacial score (nSPS) is 14.2. The second-order valence-corrected chi connectivity index (χ2v) is 6.58. The molecule has 1 heterocycles. The van der Waals surface area contributed by atoms with Crippen molar-refractivity contribution in [3.63, 3.8) is 0 Å². The van der Waals surface area contributed by atoms with Gasteiger partial charge in [0.15, 0.2) is 0 Å². The molecule has 0 saturated carbocycles. The molecule has 1 aliphatic carbocycles. The summed E-state index contributed by atoms with van der Waals surface area (Å²) in [6.07, 6.45) is 6.62. The van der Waals surface area contributed by atoms with Crippen molar-refractivity contribution in [3.8, 4) is 0 Å². The quantitative estimate of drug-likeness (QED) is 0.463. The summed E-state index contributed by atoms with van der Waals surface area (Å²) in [6, 6.07) is 8.35. The Morgan fingerprint density at radius 3 is 2.89 bits per heavy atom. The van der Waals surface area contributed by atoms with Crippen LogP contribution in [0, 0.1) is 0 Å². The topological polar surface area (TPSA) is 13.1 Å². The molecule has 0 fully saturated rings. The van der Waals surface area contributed by atoms with Gasteiger partial charge in [-0.25, -0.2) is 0 Å². The van der Waals surface area contributed by atoms with Crippen LogP contribution in [0.1, 0.15) is 17.5 Å². The van der Waals surface area contributed by atoms with Crippen molar-refractivity contribution in [3.05, 3.63) is 50.4 Å². The van der Waals surface area contributed by atoms with E-state index in [9.17, 15) is 0 Å². The van der Waals surface area contributed by atoms with Gasteiger partial charge in [0.05, 0.1) is 4.47 Å². The van der Waals surface area contributed by atoms with E-state index in [-0.39, 0.29) is 0 Å². The number of halogens is 2. The van der Waals surface area contributed by atoms with E-state index < -0.39 is 0 Å². The summed E-state index contributed by atoms with van der Waals surface area (Å²) in [5, 5.41) is 2.45. The molecule has 4 rings (SSSR count). The summed E-state index contributed by atoms with van der Waals surface area (Å²) in [4.78, 5) is 0. The molecule has 0 unspecified atom stereocenters. The largest absolute Gasteiger partial charge is 0.455 e. The van der Waals surface area contributed by atoms with E-state index >= 15 is 0 Å². The zero-order valence-electron chi connectivity index (χ0n) is 10.0. The van der Waals surface area contributed by atoms with E-state index in [1.165, 1.54) is 21.9 Å². The maximum Gasteiger partial charge on any atom is 0.149 e. The molecule has 19 heavy (non-hydrogen) atoms. The van der Waals surface area contributed by atoms with Crippen LogP contribution < -0.4 is 0 Å². The van der Waals surface area contributed by atoms with Crippen molar-refractivity contribution in [1.82, 2.24) is 0 Å². The first-order valence-electron chi connectivity index (χ1n) is 6.24. The van der Waals surface area contributed by atoms with Crippen molar-refractivity contribution in [2.75, 3.05) is 0 Å². The molecule has 1 aromatic heterocycles. The molecule has 1 aliphatic rings. The van der Waals surface area contributed by atoms with Crippen molar-refractivity contribution in [1.29, 1.82) is 0 Å². The number of hydrogen-bond acceptors (Lipinski definition) is 1. The number of aryl methyl sites for hydroxylation is 1. The molecule has 2 aromatic carbocycles. The summed E-state index contributed by atoms with van der Waals surface area (Å²) in [6.45, 7) is 0. The highest BCUT2D eigenvalue weighted by atomic mass is 79.9. The smallest absolute Gasteiger partial charge is 0.149 e. The van der Waals surface area contributed by atoms with E-state index in [1.54, 1.807) is 0 Å². The number of allylic oxidation sites excluding steroid dienone is 1. The number of benzene rings is 2. The third-order valence-electron chi connectivity index (χ3n) is 3.66. The second-order valence-electron chi connectivity index (χ2n) is 4.81. The maximum absolute atomic E-state index is 6.01. The van der Waals surface area contributed by atoms with E-state index in [1.807, 2.05) is 12.1 Å². The highest BCUT2D eigenvalue weighted by Crippen LogP contribution is 2.40. The van der Waals surface area contributed by atoms with Gasteiger partial charge < -0.3 is 4.42 Å². The molecular weight excluding hydrogens is 368 g/mol. The Morgan fingerprint density at radius 1 is 1.11 bits per heavy atom. The van der Waals surface area contributed by atoms with Crippen LogP contribution in [0.15, 0.2) is 43.7 Å². The summed E-state index contributed by atoms with van der Waals surface area (Å²) in [5.74, 6) is 0. The SMILES string of the molecule is Brc1ccc2oc3c(Br)cc4c(c3c2c1)CCC=C4. The van der Waals surface area contributed by atoms with Gasteiger partial charge in [0.25, 0.3) is 0 Å². The van der Waals surface area contributed by atoms with Gasteiger partial charge in [-0.3, -0.25) is 0 Å². The maximum atomic E-state index is 6.01. The van der Waals surface area contributed by atoms with Crippen LogP contribution in [0.4, 0.5) is 0 Å². The Balaban J connectivity index is 2.26. The van der Waals surface area contributed by atoms with Crippen LogP contribution in [-0.4, -0.2) is 0 Å². The Labute approximate surface area is 127 Å². The van der Waals surface area contributed by atoms with Crippen molar-refractivity contribution >= 4 is 59.9 Å². The van der Waals surface area contributed by atoms with E-state index in [0.717, 1.165) is 33.0 Å². The summed E-state index contributed by atoms with van der Waals surface area (Å²) >= 11 is 7.18. The lowest BCUT2D eigenvalue weighted by atomic mass is 9.93. The summed E-state index contributed by atoms with van der Waals surface area (Å²) in [7, 11) is 0. The molecule has 0 N–H and O–H groups in total. The fourth-order valence-electron chi connectivity index (χ4n) is 2.83. The summed E-state index contributed by atoms with van der Waals surface area (Å²) in [5.41, 5.74) is 4.61. The van der Waals surface area contributed by atoms with Gasteiger partial charge >= 0.3 is 0 Å². The average molecular weight is 378 g/mol. The van der Waals surface area contributed by atoms with E-state index in [2.05, 4.69) is 56.1 Å². The van der Waals surface area contributed by atoms with Crippen molar-refractivity contribution in [2.45, 2.75) is 12.8 Å². The first-order chi connectivity index (χ1) is 9.24. The van der Waals surface area contributed by atoms with E-state index in [4.69, 9.17) is 4.42 Å². The second kappa shape index (κ2) is 4.22. The number of rotatable bonds is 0. The van der Waals surface area contributed by atoms with E-state index in [0.29, 0.717) is 0 Å². The van der Waals surface area contributed by atoms with Gasteiger partial charge in [-0.2, -0.15) is 0 Å². The van der Waals surface area contributed by atoms with Crippen LogP contribution in [0.2, 0.25) is 0 Å². The molecule has 94 valence electrons. The van der Waals surface area contributed by atoms with Crippen LogP contribution in [-0.2, 0) is 6.42 Å². The third-order valence-corrected chi connectivity index (χ3v) is 4.74. The lowest BCUT2D eigenvalue weighted by molar-refractivity contribution is 0.666. The standard InChI is InChI=1S/C16H10Br2O/c17-10-5-6-14-12(8-10)15-11-4-2-1-3-9(11)7-13(18)16(15)19-14/h1,3,5-8H,2,4H2. The minimum atomic E-state index is 0.946. The Bertz CT molecular complexity index is 843. The molecule has 0 amide bonds. The molecule has 0 spiro atoms. The predicted octanol–water partition coefficient (Wildman–Crippen LogP) is 6.07. The zero-order valence-corrected chi connectivity index (χ0v) is 13.2. The van der Waals surface area contributed by atoms with Crippen molar-refractivity contribution in [2.24, 2.45) is 0 Å².